The molecular weight excluding hydrogens is 424 g/mol. The molecule has 0 spiro atoms. The zero-order chi connectivity index (χ0) is 21.9. The van der Waals surface area contributed by atoms with Gasteiger partial charge in [0.25, 0.3) is 0 Å². The number of nitrogens with one attached hydrogen (secondary N) is 1. The standard InChI is InChI=1S/C24H23ClN6O/c1-17-4-2-5-18(12-17)16-26-28-22-15-24(30-8-10-32-11-9-30)31-23(27-22)14-21(29-31)19-6-3-7-20(25)13-19/h2-7,12-16H,8-11H2,1H3,(H,27,28). The molecule has 5 rings (SSSR count). The fraction of sp³-hybridized carbons (Fsp3) is 0.208. The summed E-state index contributed by atoms with van der Waals surface area (Å²) in [6, 6.07) is 19.8. The molecule has 1 aliphatic rings. The summed E-state index contributed by atoms with van der Waals surface area (Å²) in [6.45, 7) is 5.00. The average molecular weight is 447 g/mol. The summed E-state index contributed by atoms with van der Waals surface area (Å²) in [6.07, 6.45) is 1.79. The Kier molecular flexibility index (Phi) is 5.75. The molecule has 3 heterocycles. The van der Waals surface area contributed by atoms with Crippen LogP contribution in [0.4, 0.5) is 11.6 Å². The van der Waals surface area contributed by atoms with Crippen molar-refractivity contribution in [3.8, 4) is 11.3 Å². The smallest absolute Gasteiger partial charge is 0.160 e. The molecule has 0 saturated carbocycles. The molecule has 2 aromatic carbocycles. The quantitative estimate of drug-likeness (QED) is 0.357. The van der Waals surface area contributed by atoms with Gasteiger partial charge in [-0.2, -0.15) is 14.7 Å². The van der Waals surface area contributed by atoms with Gasteiger partial charge in [0, 0.05) is 35.8 Å². The third kappa shape index (κ3) is 4.44. The summed E-state index contributed by atoms with van der Waals surface area (Å²) in [5, 5.41) is 9.89. The number of aromatic nitrogens is 3. The van der Waals surface area contributed by atoms with E-state index in [4.69, 9.17) is 26.4 Å². The van der Waals surface area contributed by atoms with E-state index < -0.39 is 0 Å². The highest BCUT2D eigenvalue weighted by Crippen LogP contribution is 2.27. The first-order valence-corrected chi connectivity index (χ1v) is 10.9. The second-order valence-electron chi connectivity index (χ2n) is 7.69. The van der Waals surface area contributed by atoms with Gasteiger partial charge in [-0.05, 0) is 24.6 Å². The molecule has 2 aromatic heterocycles. The van der Waals surface area contributed by atoms with Crippen LogP contribution in [0.25, 0.3) is 16.9 Å². The van der Waals surface area contributed by atoms with E-state index in [0.717, 1.165) is 41.4 Å². The summed E-state index contributed by atoms with van der Waals surface area (Å²) in [5.74, 6) is 1.60. The van der Waals surface area contributed by atoms with E-state index in [1.165, 1.54) is 5.56 Å². The molecule has 1 saturated heterocycles. The Morgan fingerprint density at radius 1 is 1.06 bits per heavy atom. The molecule has 0 aliphatic carbocycles. The molecule has 0 radical (unpaired) electrons. The second-order valence-corrected chi connectivity index (χ2v) is 8.13. The first-order chi connectivity index (χ1) is 15.7. The fourth-order valence-corrected chi connectivity index (χ4v) is 3.94. The highest BCUT2D eigenvalue weighted by atomic mass is 35.5. The molecule has 0 amide bonds. The number of halogens is 1. The number of fused-ring (bicyclic) bond motifs is 1. The lowest BCUT2D eigenvalue weighted by atomic mass is 10.1. The summed E-state index contributed by atoms with van der Waals surface area (Å²) in [7, 11) is 0. The Bertz CT molecular complexity index is 1280. The van der Waals surface area contributed by atoms with E-state index in [1.54, 1.807) is 6.21 Å². The Morgan fingerprint density at radius 2 is 1.91 bits per heavy atom. The van der Waals surface area contributed by atoms with Gasteiger partial charge in [-0.25, -0.2) is 4.98 Å². The summed E-state index contributed by atoms with van der Waals surface area (Å²) < 4.78 is 7.41. The first kappa shape index (κ1) is 20.5. The van der Waals surface area contributed by atoms with Gasteiger partial charge in [0.05, 0.1) is 25.1 Å². The van der Waals surface area contributed by atoms with Crippen molar-refractivity contribution >= 4 is 35.1 Å². The van der Waals surface area contributed by atoms with Gasteiger partial charge in [0.1, 0.15) is 5.82 Å². The molecule has 1 N–H and O–H groups in total. The maximum atomic E-state index is 6.19. The molecular formula is C24H23ClN6O. The van der Waals surface area contributed by atoms with Crippen molar-refractivity contribution in [1.29, 1.82) is 0 Å². The highest BCUT2D eigenvalue weighted by Gasteiger charge is 2.18. The molecule has 7 nitrogen and oxygen atoms in total. The third-order valence-corrected chi connectivity index (χ3v) is 5.53. The van der Waals surface area contributed by atoms with Gasteiger partial charge in [0.15, 0.2) is 11.5 Å². The minimum Gasteiger partial charge on any atom is -0.378 e. The lowest BCUT2D eigenvalue weighted by molar-refractivity contribution is 0.122. The van der Waals surface area contributed by atoms with Crippen molar-refractivity contribution in [2.45, 2.75) is 6.92 Å². The topological polar surface area (TPSA) is 67.0 Å². The van der Waals surface area contributed by atoms with Crippen molar-refractivity contribution in [3.63, 3.8) is 0 Å². The van der Waals surface area contributed by atoms with E-state index in [9.17, 15) is 0 Å². The van der Waals surface area contributed by atoms with Crippen molar-refractivity contribution in [2.75, 3.05) is 36.6 Å². The summed E-state index contributed by atoms with van der Waals surface area (Å²) in [4.78, 5) is 6.99. The monoisotopic (exact) mass is 446 g/mol. The van der Waals surface area contributed by atoms with Crippen molar-refractivity contribution in [2.24, 2.45) is 5.10 Å². The van der Waals surface area contributed by atoms with Crippen LogP contribution < -0.4 is 10.3 Å². The Labute approximate surface area is 191 Å². The number of hydrogen-bond donors (Lipinski definition) is 1. The van der Waals surface area contributed by atoms with Gasteiger partial charge in [-0.15, -0.1) is 0 Å². The van der Waals surface area contributed by atoms with Gasteiger partial charge < -0.3 is 9.64 Å². The largest absolute Gasteiger partial charge is 0.378 e. The summed E-state index contributed by atoms with van der Waals surface area (Å²) in [5.41, 5.74) is 7.79. The predicted octanol–water partition coefficient (Wildman–Crippen LogP) is 4.64. The lowest BCUT2D eigenvalue weighted by Gasteiger charge is -2.29. The van der Waals surface area contributed by atoms with Crippen LogP contribution in [-0.2, 0) is 4.74 Å². The molecule has 32 heavy (non-hydrogen) atoms. The molecule has 162 valence electrons. The number of anilines is 2. The number of benzene rings is 2. The predicted molar refractivity (Wildman–Crippen MR) is 129 cm³/mol. The number of rotatable bonds is 5. The van der Waals surface area contributed by atoms with Crippen LogP contribution in [0, 0.1) is 6.92 Å². The van der Waals surface area contributed by atoms with E-state index in [1.807, 2.05) is 53.0 Å². The van der Waals surface area contributed by atoms with Gasteiger partial charge in [-0.3, -0.25) is 5.43 Å². The number of aryl methyl sites for hydroxylation is 1. The van der Waals surface area contributed by atoms with E-state index >= 15 is 0 Å². The highest BCUT2D eigenvalue weighted by molar-refractivity contribution is 6.30. The fourth-order valence-electron chi connectivity index (χ4n) is 3.75. The van der Waals surface area contributed by atoms with Crippen molar-refractivity contribution < 1.29 is 4.74 Å². The molecule has 1 aliphatic heterocycles. The number of ether oxygens (including phenoxy) is 1. The van der Waals surface area contributed by atoms with Crippen LogP contribution in [0.5, 0.6) is 0 Å². The number of hydrazone groups is 1. The molecule has 4 aromatic rings. The maximum Gasteiger partial charge on any atom is 0.160 e. The summed E-state index contributed by atoms with van der Waals surface area (Å²) >= 11 is 6.19. The Hall–Kier alpha value is -3.42. The zero-order valence-electron chi connectivity index (χ0n) is 17.7. The van der Waals surface area contributed by atoms with Crippen LogP contribution in [0.2, 0.25) is 5.02 Å². The second kappa shape index (κ2) is 8.98. The Morgan fingerprint density at radius 3 is 2.72 bits per heavy atom. The molecule has 1 fully saturated rings. The molecule has 0 atom stereocenters. The van der Waals surface area contributed by atoms with E-state index in [-0.39, 0.29) is 0 Å². The third-order valence-electron chi connectivity index (χ3n) is 5.30. The number of hydrogen-bond acceptors (Lipinski definition) is 6. The van der Waals surface area contributed by atoms with E-state index in [0.29, 0.717) is 24.1 Å². The SMILES string of the molecule is Cc1cccc(C=NNc2cc(N3CCOCC3)n3nc(-c4cccc(Cl)c4)cc3n2)c1. The number of nitrogens with zero attached hydrogens (tertiary/aromatic N) is 5. The van der Waals surface area contributed by atoms with Crippen LogP contribution in [0.3, 0.4) is 0 Å². The van der Waals surface area contributed by atoms with Gasteiger partial charge >= 0.3 is 0 Å². The van der Waals surface area contributed by atoms with Crippen LogP contribution in [0.1, 0.15) is 11.1 Å². The zero-order valence-corrected chi connectivity index (χ0v) is 18.5. The normalized spacial score (nSPS) is 14.4. The minimum absolute atomic E-state index is 0.653. The maximum absolute atomic E-state index is 6.19. The first-order valence-electron chi connectivity index (χ1n) is 10.5. The number of morpholine rings is 1. The van der Waals surface area contributed by atoms with Gasteiger partial charge in [0.2, 0.25) is 0 Å². The molecule has 0 bridgehead atoms. The van der Waals surface area contributed by atoms with Crippen LogP contribution >= 0.6 is 11.6 Å². The molecule has 8 heteroatoms. The van der Waals surface area contributed by atoms with Gasteiger partial charge in [-0.1, -0.05) is 53.6 Å². The van der Waals surface area contributed by atoms with Crippen LogP contribution in [0.15, 0.2) is 65.8 Å². The Balaban J connectivity index is 1.51. The van der Waals surface area contributed by atoms with Crippen LogP contribution in [-0.4, -0.2) is 47.1 Å². The molecule has 0 unspecified atom stereocenters. The van der Waals surface area contributed by atoms with E-state index in [2.05, 4.69) is 34.5 Å². The lowest BCUT2D eigenvalue weighted by Crippen LogP contribution is -2.37. The average Bonchev–Trinajstić information content (AvgIpc) is 3.24. The van der Waals surface area contributed by atoms with Crippen molar-refractivity contribution in [3.05, 3.63) is 76.8 Å². The minimum atomic E-state index is 0.653. The van der Waals surface area contributed by atoms with Crippen molar-refractivity contribution in [1.82, 2.24) is 14.6 Å².